The van der Waals surface area contributed by atoms with Gasteiger partial charge in [-0.15, -0.1) is 0 Å². The second kappa shape index (κ2) is 7.68. The first-order valence-electron chi connectivity index (χ1n) is 8.93. The van der Waals surface area contributed by atoms with E-state index in [1.54, 1.807) is 36.4 Å². The number of hydrogen-bond donors (Lipinski definition) is 2. The molecule has 28 heavy (non-hydrogen) atoms. The highest BCUT2D eigenvalue weighted by molar-refractivity contribution is 6.46. The molecule has 144 valence electrons. The lowest BCUT2D eigenvalue weighted by Gasteiger charge is -2.25. The second-order valence-electron chi connectivity index (χ2n) is 6.91. The van der Waals surface area contributed by atoms with Gasteiger partial charge in [-0.1, -0.05) is 59.7 Å². The van der Waals surface area contributed by atoms with E-state index in [1.165, 1.54) is 4.90 Å². The van der Waals surface area contributed by atoms with E-state index in [1.807, 2.05) is 26.0 Å². The van der Waals surface area contributed by atoms with Crippen LogP contribution in [0.1, 0.15) is 34.7 Å². The average molecular weight is 379 g/mol. The number of amides is 1. The summed E-state index contributed by atoms with van der Waals surface area (Å²) in [5, 5.41) is 19.9. The summed E-state index contributed by atoms with van der Waals surface area (Å²) in [6.45, 7) is 3.70. The first kappa shape index (κ1) is 19.4. The summed E-state index contributed by atoms with van der Waals surface area (Å²) in [6, 6.07) is 13.4. The molecule has 0 unspecified atom stereocenters. The molecule has 1 aliphatic heterocycles. The number of likely N-dealkylation sites (tertiary alicyclic amines) is 1. The van der Waals surface area contributed by atoms with Crippen LogP contribution in [0.25, 0.3) is 5.76 Å². The number of Topliss-reactive ketones (excluding diaryl/α,β-unsaturated/α-hetero) is 1. The number of aliphatic hydroxyl groups excluding tert-OH is 1. The van der Waals surface area contributed by atoms with Gasteiger partial charge in [0.15, 0.2) is 0 Å². The van der Waals surface area contributed by atoms with Crippen LogP contribution in [-0.4, -0.2) is 39.3 Å². The topological polar surface area (TPSA) is 94.9 Å². The van der Waals surface area contributed by atoms with Gasteiger partial charge in [-0.25, -0.2) is 0 Å². The number of nitrogens with zero attached hydrogens (tertiary/aromatic N) is 1. The first-order valence-corrected chi connectivity index (χ1v) is 8.93. The molecule has 0 radical (unpaired) electrons. The predicted octanol–water partition coefficient (Wildman–Crippen LogP) is 3.20. The summed E-state index contributed by atoms with van der Waals surface area (Å²) in [7, 11) is 0. The SMILES string of the molecule is Cc1ccc(C(O)=C2C(=O)C(=O)N(CCC(=O)O)[C@@H]2c2ccc(C)cc2)cc1. The molecule has 6 nitrogen and oxygen atoms in total. The van der Waals surface area contributed by atoms with E-state index in [2.05, 4.69) is 0 Å². The number of carbonyl (C=O) groups is 3. The van der Waals surface area contributed by atoms with E-state index in [0.29, 0.717) is 11.1 Å². The van der Waals surface area contributed by atoms with Crippen molar-refractivity contribution in [2.45, 2.75) is 26.3 Å². The molecule has 2 aromatic rings. The van der Waals surface area contributed by atoms with E-state index >= 15 is 0 Å². The van der Waals surface area contributed by atoms with Gasteiger partial charge in [0.1, 0.15) is 5.76 Å². The van der Waals surface area contributed by atoms with Gasteiger partial charge in [0.25, 0.3) is 11.7 Å². The molecule has 0 aliphatic carbocycles. The number of aryl methyl sites for hydroxylation is 2. The van der Waals surface area contributed by atoms with Crippen LogP contribution in [0.15, 0.2) is 54.1 Å². The number of benzene rings is 2. The largest absolute Gasteiger partial charge is 0.507 e. The van der Waals surface area contributed by atoms with Crippen LogP contribution in [0.5, 0.6) is 0 Å². The van der Waals surface area contributed by atoms with Crippen LogP contribution in [0.4, 0.5) is 0 Å². The number of carboxylic acid groups (broad SMARTS) is 1. The Morgan fingerprint density at radius 3 is 2.00 bits per heavy atom. The minimum Gasteiger partial charge on any atom is -0.507 e. The fourth-order valence-corrected chi connectivity index (χ4v) is 3.29. The van der Waals surface area contributed by atoms with Crippen molar-refractivity contribution in [1.82, 2.24) is 4.90 Å². The highest BCUT2D eigenvalue weighted by atomic mass is 16.4. The zero-order valence-corrected chi connectivity index (χ0v) is 15.7. The van der Waals surface area contributed by atoms with Crippen molar-refractivity contribution in [3.05, 3.63) is 76.4 Å². The van der Waals surface area contributed by atoms with Crippen LogP contribution in [0, 0.1) is 13.8 Å². The quantitative estimate of drug-likeness (QED) is 0.473. The number of rotatable bonds is 5. The average Bonchev–Trinajstić information content (AvgIpc) is 2.91. The number of ketones is 1. The van der Waals surface area contributed by atoms with Crippen LogP contribution in [0.2, 0.25) is 0 Å². The number of carbonyl (C=O) groups excluding carboxylic acids is 2. The fraction of sp³-hybridized carbons (Fsp3) is 0.227. The summed E-state index contributed by atoms with van der Waals surface area (Å²) in [6.07, 6.45) is -0.292. The molecule has 1 atom stereocenters. The van der Waals surface area contributed by atoms with Crippen molar-refractivity contribution >= 4 is 23.4 Å². The molecule has 0 aromatic heterocycles. The summed E-state index contributed by atoms with van der Waals surface area (Å²) in [4.78, 5) is 37.6. The summed E-state index contributed by atoms with van der Waals surface area (Å²) >= 11 is 0. The molecular formula is C22H21NO5. The zero-order valence-electron chi connectivity index (χ0n) is 15.7. The molecular weight excluding hydrogens is 358 g/mol. The van der Waals surface area contributed by atoms with Crippen molar-refractivity contribution in [3.63, 3.8) is 0 Å². The van der Waals surface area contributed by atoms with Crippen LogP contribution < -0.4 is 0 Å². The lowest BCUT2D eigenvalue weighted by molar-refractivity contribution is -0.142. The van der Waals surface area contributed by atoms with Crippen LogP contribution in [0.3, 0.4) is 0 Å². The molecule has 1 amide bonds. The Morgan fingerprint density at radius 2 is 1.46 bits per heavy atom. The molecule has 1 aliphatic rings. The predicted molar refractivity (Wildman–Crippen MR) is 104 cm³/mol. The van der Waals surface area contributed by atoms with E-state index in [4.69, 9.17) is 5.11 Å². The number of carboxylic acids is 1. The van der Waals surface area contributed by atoms with Gasteiger partial charge in [0.05, 0.1) is 18.0 Å². The third-order valence-electron chi connectivity index (χ3n) is 4.82. The maximum absolute atomic E-state index is 12.7. The molecule has 0 bridgehead atoms. The maximum Gasteiger partial charge on any atom is 0.305 e. The van der Waals surface area contributed by atoms with Crippen molar-refractivity contribution in [3.8, 4) is 0 Å². The third-order valence-corrected chi connectivity index (χ3v) is 4.82. The molecule has 0 saturated carbocycles. The Labute approximate surface area is 162 Å². The molecule has 2 N–H and O–H groups in total. The minimum absolute atomic E-state index is 0.0249. The lowest BCUT2D eigenvalue weighted by Crippen LogP contribution is -2.31. The summed E-state index contributed by atoms with van der Waals surface area (Å²) in [5.74, 6) is -2.95. The van der Waals surface area contributed by atoms with Gasteiger partial charge in [0.2, 0.25) is 0 Å². The third kappa shape index (κ3) is 3.67. The Balaban J connectivity index is 2.14. The smallest absolute Gasteiger partial charge is 0.305 e. The normalized spacial score (nSPS) is 18.5. The molecule has 2 aromatic carbocycles. The van der Waals surface area contributed by atoms with Crippen molar-refractivity contribution in [2.24, 2.45) is 0 Å². The van der Waals surface area contributed by atoms with Crippen molar-refractivity contribution in [2.75, 3.05) is 6.54 Å². The Morgan fingerprint density at radius 1 is 0.929 bits per heavy atom. The number of hydrogen-bond acceptors (Lipinski definition) is 4. The standard InChI is InChI=1S/C22H21NO5/c1-13-3-7-15(8-4-13)19-18(20(26)16-9-5-14(2)6-10-16)21(27)22(28)23(19)12-11-17(24)25/h3-10,19,26H,11-12H2,1-2H3,(H,24,25)/t19-/m1/s1. The number of aliphatic hydroxyl groups is 1. The fourth-order valence-electron chi connectivity index (χ4n) is 3.29. The highest BCUT2D eigenvalue weighted by Crippen LogP contribution is 2.39. The summed E-state index contributed by atoms with van der Waals surface area (Å²) in [5.41, 5.74) is 3.05. The molecule has 3 rings (SSSR count). The minimum atomic E-state index is -1.07. The van der Waals surface area contributed by atoms with Gasteiger partial charge >= 0.3 is 5.97 Å². The Kier molecular flexibility index (Phi) is 5.31. The molecule has 1 fully saturated rings. The van der Waals surface area contributed by atoms with Gasteiger partial charge in [-0.05, 0) is 19.4 Å². The molecule has 0 spiro atoms. The first-order chi connectivity index (χ1) is 13.3. The molecule has 1 saturated heterocycles. The molecule has 6 heteroatoms. The second-order valence-corrected chi connectivity index (χ2v) is 6.91. The van der Waals surface area contributed by atoms with Crippen LogP contribution >= 0.6 is 0 Å². The number of aliphatic carboxylic acids is 1. The highest BCUT2D eigenvalue weighted by Gasteiger charge is 2.45. The van der Waals surface area contributed by atoms with E-state index in [9.17, 15) is 19.5 Å². The summed E-state index contributed by atoms with van der Waals surface area (Å²) < 4.78 is 0. The van der Waals surface area contributed by atoms with Gasteiger partial charge in [-0.3, -0.25) is 14.4 Å². The monoisotopic (exact) mass is 379 g/mol. The zero-order chi connectivity index (χ0) is 20.4. The Hall–Kier alpha value is -3.41. The van der Waals surface area contributed by atoms with Gasteiger partial charge < -0.3 is 15.1 Å². The lowest BCUT2D eigenvalue weighted by atomic mass is 9.94. The molecule has 1 heterocycles. The van der Waals surface area contributed by atoms with Gasteiger partial charge in [0, 0.05) is 12.1 Å². The van der Waals surface area contributed by atoms with E-state index < -0.39 is 23.7 Å². The maximum atomic E-state index is 12.7. The van der Waals surface area contributed by atoms with E-state index in [0.717, 1.165) is 11.1 Å². The van der Waals surface area contributed by atoms with Crippen LogP contribution in [-0.2, 0) is 14.4 Å². The van der Waals surface area contributed by atoms with Gasteiger partial charge in [-0.2, -0.15) is 0 Å². The Bertz CT molecular complexity index is 957. The van der Waals surface area contributed by atoms with E-state index in [-0.39, 0.29) is 24.3 Å². The van der Waals surface area contributed by atoms with Crippen molar-refractivity contribution in [1.29, 1.82) is 0 Å². The van der Waals surface area contributed by atoms with Crippen molar-refractivity contribution < 1.29 is 24.6 Å².